The van der Waals surface area contributed by atoms with E-state index < -0.39 is 97.5 Å². The van der Waals surface area contributed by atoms with Crippen LogP contribution in [-0.4, -0.2) is 96.7 Å². The third-order valence-electron chi connectivity index (χ3n) is 17.2. The molecular weight excluding hydrogens is 1210 g/mol. The van der Waals surface area contributed by atoms with Gasteiger partial charge in [0.1, 0.15) is 19.3 Å². The van der Waals surface area contributed by atoms with Crippen LogP contribution in [0.3, 0.4) is 0 Å². The highest BCUT2D eigenvalue weighted by Gasteiger charge is 2.30. The van der Waals surface area contributed by atoms with Gasteiger partial charge >= 0.3 is 39.5 Å². The minimum Gasteiger partial charge on any atom is -0.462 e. The molecule has 546 valence electrons. The maximum absolute atomic E-state index is 13.1. The Balaban J connectivity index is 5.26. The molecule has 0 aromatic carbocycles. The van der Waals surface area contributed by atoms with Gasteiger partial charge in [0.15, 0.2) is 12.2 Å². The lowest BCUT2D eigenvalue weighted by molar-refractivity contribution is -0.161. The van der Waals surface area contributed by atoms with E-state index in [0.717, 1.165) is 108 Å². The molecular formula is C73H142O17P2. The lowest BCUT2D eigenvalue weighted by Crippen LogP contribution is -2.30. The number of rotatable bonds is 71. The van der Waals surface area contributed by atoms with Gasteiger partial charge in [0.2, 0.25) is 0 Å². The van der Waals surface area contributed by atoms with E-state index in [1.54, 1.807) is 0 Å². The topological polar surface area (TPSA) is 237 Å². The van der Waals surface area contributed by atoms with Gasteiger partial charge in [-0.05, 0) is 43.4 Å². The molecule has 0 rings (SSSR count). The zero-order valence-corrected chi connectivity index (χ0v) is 61.8. The summed E-state index contributed by atoms with van der Waals surface area (Å²) >= 11 is 0. The van der Waals surface area contributed by atoms with E-state index in [1.807, 2.05) is 0 Å². The highest BCUT2D eigenvalue weighted by molar-refractivity contribution is 7.47. The van der Waals surface area contributed by atoms with Crippen LogP contribution in [0.1, 0.15) is 370 Å². The Labute approximate surface area is 562 Å². The van der Waals surface area contributed by atoms with Crippen LogP contribution in [-0.2, 0) is 65.4 Å². The number of ether oxygens (including phenoxy) is 4. The van der Waals surface area contributed by atoms with Crippen LogP contribution in [0.5, 0.6) is 0 Å². The van der Waals surface area contributed by atoms with Crippen molar-refractivity contribution in [1.29, 1.82) is 0 Å². The number of hydrogen-bond acceptors (Lipinski definition) is 15. The average Bonchev–Trinajstić information content (AvgIpc) is 1.58. The normalized spacial score (nSPS) is 14.4. The van der Waals surface area contributed by atoms with Gasteiger partial charge in [-0.1, -0.05) is 318 Å². The number of esters is 4. The number of carbonyl (C=O) groups excluding carboxylic acids is 4. The second-order valence-corrected chi connectivity index (χ2v) is 30.4. The molecule has 0 heterocycles. The zero-order chi connectivity index (χ0) is 68.0. The maximum Gasteiger partial charge on any atom is 0.472 e. The van der Waals surface area contributed by atoms with Gasteiger partial charge in [0.25, 0.3) is 0 Å². The summed E-state index contributed by atoms with van der Waals surface area (Å²) < 4.78 is 68.4. The van der Waals surface area contributed by atoms with Crippen molar-refractivity contribution in [3.63, 3.8) is 0 Å². The molecule has 3 unspecified atom stereocenters. The van der Waals surface area contributed by atoms with Crippen LogP contribution >= 0.6 is 15.6 Å². The van der Waals surface area contributed by atoms with Crippen LogP contribution in [0.2, 0.25) is 0 Å². The SMILES string of the molecule is CCCCCCCCCCCCCC(=O)OC[C@H](COP(=O)(O)OC[C@H](O)COP(=O)(O)OC[C@@H](COC(=O)CCCCCCCCCCCCC(C)C)OC(=O)CCCCCCCCCCCCCCCC(C)C)OC(=O)CCCCCCCCCCC(C)CC. The smallest absolute Gasteiger partial charge is 0.462 e. The number of carbonyl (C=O) groups is 4. The fraction of sp³-hybridized carbons (Fsp3) is 0.945. The minimum absolute atomic E-state index is 0.105. The number of aliphatic hydroxyl groups is 1. The summed E-state index contributed by atoms with van der Waals surface area (Å²) in [5, 5.41) is 10.6. The monoisotopic (exact) mass is 1350 g/mol. The Kier molecular flexibility index (Phi) is 62.4. The quantitative estimate of drug-likeness (QED) is 0.0222. The van der Waals surface area contributed by atoms with Crippen LogP contribution in [0.15, 0.2) is 0 Å². The molecule has 0 bridgehead atoms. The summed E-state index contributed by atoms with van der Waals surface area (Å²) in [5.41, 5.74) is 0. The van der Waals surface area contributed by atoms with E-state index in [4.69, 9.17) is 37.0 Å². The van der Waals surface area contributed by atoms with E-state index in [-0.39, 0.29) is 25.7 Å². The summed E-state index contributed by atoms with van der Waals surface area (Å²) in [6.45, 7) is 11.9. The van der Waals surface area contributed by atoms with E-state index in [1.165, 1.54) is 180 Å². The molecule has 92 heavy (non-hydrogen) atoms. The molecule has 0 amide bonds. The van der Waals surface area contributed by atoms with Gasteiger partial charge in [-0.25, -0.2) is 9.13 Å². The van der Waals surface area contributed by atoms with Gasteiger partial charge in [-0.3, -0.25) is 37.3 Å². The van der Waals surface area contributed by atoms with Crippen molar-refractivity contribution in [2.24, 2.45) is 17.8 Å². The first-order valence-electron chi connectivity index (χ1n) is 37.9. The van der Waals surface area contributed by atoms with Crippen molar-refractivity contribution in [1.82, 2.24) is 0 Å². The minimum atomic E-state index is -4.95. The van der Waals surface area contributed by atoms with Crippen molar-refractivity contribution >= 4 is 39.5 Å². The van der Waals surface area contributed by atoms with Crippen molar-refractivity contribution in [3.8, 4) is 0 Å². The van der Waals surface area contributed by atoms with E-state index in [2.05, 4.69) is 48.5 Å². The Morgan fingerprint density at radius 2 is 0.554 bits per heavy atom. The summed E-state index contributed by atoms with van der Waals surface area (Å²) in [7, 11) is -9.91. The van der Waals surface area contributed by atoms with Crippen LogP contribution in [0, 0.1) is 17.8 Å². The van der Waals surface area contributed by atoms with Gasteiger partial charge < -0.3 is 33.8 Å². The molecule has 0 saturated heterocycles. The molecule has 6 atom stereocenters. The van der Waals surface area contributed by atoms with Crippen LogP contribution in [0.25, 0.3) is 0 Å². The Morgan fingerprint density at radius 3 is 0.826 bits per heavy atom. The van der Waals surface area contributed by atoms with Crippen LogP contribution in [0.4, 0.5) is 0 Å². The van der Waals surface area contributed by atoms with Gasteiger partial charge in [-0.2, -0.15) is 0 Å². The maximum atomic E-state index is 13.1. The Morgan fingerprint density at radius 1 is 0.315 bits per heavy atom. The second-order valence-electron chi connectivity index (χ2n) is 27.5. The van der Waals surface area contributed by atoms with E-state index >= 15 is 0 Å². The van der Waals surface area contributed by atoms with Gasteiger partial charge in [-0.15, -0.1) is 0 Å². The first kappa shape index (κ1) is 90.1. The Hall–Kier alpha value is -1.94. The van der Waals surface area contributed by atoms with Gasteiger partial charge in [0, 0.05) is 25.7 Å². The molecule has 0 aliphatic rings. The fourth-order valence-corrected chi connectivity index (χ4v) is 12.6. The fourth-order valence-electron chi connectivity index (χ4n) is 11.0. The molecule has 0 fully saturated rings. The molecule has 0 saturated carbocycles. The largest absolute Gasteiger partial charge is 0.472 e. The zero-order valence-electron chi connectivity index (χ0n) is 60.0. The van der Waals surface area contributed by atoms with Crippen molar-refractivity contribution in [3.05, 3.63) is 0 Å². The first-order chi connectivity index (χ1) is 44.3. The molecule has 0 radical (unpaired) electrons. The number of phosphoric acid groups is 2. The molecule has 0 aliphatic heterocycles. The molecule has 17 nitrogen and oxygen atoms in total. The highest BCUT2D eigenvalue weighted by atomic mass is 31.2. The van der Waals surface area contributed by atoms with Gasteiger partial charge in [0.05, 0.1) is 26.4 Å². The molecule has 0 aromatic heterocycles. The predicted molar refractivity (Wildman–Crippen MR) is 372 cm³/mol. The summed E-state index contributed by atoms with van der Waals surface area (Å²) in [5.74, 6) is 0.193. The number of unbranched alkanes of at least 4 members (excludes halogenated alkanes) is 38. The third-order valence-corrected chi connectivity index (χ3v) is 19.1. The number of phosphoric ester groups is 2. The van der Waals surface area contributed by atoms with Crippen molar-refractivity contribution in [2.75, 3.05) is 39.6 Å². The molecule has 0 aliphatic carbocycles. The van der Waals surface area contributed by atoms with Crippen molar-refractivity contribution in [2.45, 2.75) is 388 Å². The standard InChI is InChI=1S/C73H142O17P2/c1-8-10-11-12-13-14-18-25-33-40-47-54-70(75)83-61-69(90-73(78)57-50-43-36-29-28-32-39-46-53-66(7)9-2)63-88-92(81,82)86-59-67(74)58-85-91(79,80)87-62-68(60-84-71(76)55-48-41-34-26-22-21-24-31-38-45-52-65(5)6)89-72(77)56-49-42-35-27-20-17-15-16-19-23-30-37-44-51-64(3)4/h64-69,74H,8-63H2,1-7H3,(H,79,80)(H,81,82)/t66?,67-,68-,69-/m1/s1. The number of aliphatic hydroxyl groups excluding tert-OH is 1. The van der Waals surface area contributed by atoms with E-state index in [9.17, 15) is 43.2 Å². The average molecular weight is 1350 g/mol. The van der Waals surface area contributed by atoms with E-state index in [0.29, 0.717) is 25.7 Å². The molecule has 3 N–H and O–H groups in total. The lowest BCUT2D eigenvalue weighted by atomic mass is 9.99. The third kappa shape index (κ3) is 65.4. The molecule has 0 spiro atoms. The van der Waals surface area contributed by atoms with Crippen molar-refractivity contribution < 1.29 is 80.2 Å². The highest BCUT2D eigenvalue weighted by Crippen LogP contribution is 2.45. The molecule has 0 aromatic rings. The second kappa shape index (κ2) is 63.8. The number of hydrogen-bond donors (Lipinski definition) is 3. The van der Waals surface area contributed by atoms with Crippen LogP contribution < -0.4 is 0 Å². The summed E-state index contributed by atoms with van der Waals surface area (Å²) in [6, 6.07) is 0. The molecule has 19 heteroatoms. The predicted octanol–water partition coefficient (Wildman–Crippen LogP) is 21.0. The summed E-state index contributed by atoms with van der Waals surface area (Å²) in [4.78, 5) is 72.7. The summed E-state index contributed by atoms with van der Waals surface area (Å²) in [6.07, 6.45) is 48.4. The Bertz CT molecular complexity index is 1800. The first-order valence-corrected chi connectivity index (χ1v) is 40.9. The lowest BCUT2D eigenvalue weighted by Gasteiger charge is -2.21.